The van der Waals surface area contributed by atoms with Crippen molar-refractivity contribution in [2.45, 2.75) is 44.2 Å². The number of nitrogens with zero attached hydrogens (tertiary/aromatic N) is 4. The van der Waals surface area contributed by atoms with E-state index in [1.807, 2.05) is 24.3 Å². The van der Waals surface area contributed by atoms with E-state index in [4.69, 9.17) is 19.4 Å². The number of fused-ring (bicyclic) bond motifs is 1. The predicted octanol–water partition coefficient (Wildman–Crippen LogP) is 3.05. The quantitative estimate of drug-likeness (QED) is 0.630. The Kier molecular flexibility index (Phi) is 4.79. The molecule has 2 aromatic heterocycles. The fourth-order valence-electron chi connectivity index (χ4n) is 4.60. The Morgan fingerprint density at radius 1 is 1.18 bits per heavy atom. The van der Waals surface area contributed by atoms with Crippen LogP contribution in [0.1, 0.15) is 31.7 Å². The third-order valence-electron chi connectivity index (χ3n) is 6.63. The summed E-state index contributed by atoms with van der Waals surface area (Å²) in [5.41, 5.74) is 2.39. The second kappa shape index (κ2) is 7.84. The number of H-pyrrole nitrogens is 1. The number of rotatable bonds is 4. The van der Waals surface area contributed by atoms with Crippen LogP contribution in [0, 0.1) is 0 Å². The third kappa shape index (κ3) is 3.82. The number of hydrogen-bond acceptors (Lipinski definition) is 8. The smallest absolute Gasteiger partial charge is 0.252 e. The van der Waals surface area contributed by atoms with Gasteiger partial charge in [0.25, 0.3) is 5.56 Å². The SMILES string of the molecule is CC1COCCN1c1nc(-c2ccccc2Nc2nccc(=O)[nH]2)nc2c1CCC1(CC1)O2. The average Bonchev–Trinajstić information content (AvgIpc) is 3.57. The molecule has 3 aliphatic rings. The van der Waals surface area contributed by atoms with Crippen LogP contribution in [-0.2, 0) is 11.2 Å². The molecule has 170 valence electrons. The van der Waals surface area contributed by atoms with Crippen molar-refractivity contribution in [1.29, 1.82) is 0 Å². The summed E-state index contributed by atoms with van der Waals surface area (Å²) >= 11 is 0. The van der Waals surface area contributed by atoms with E-state index < -0.39 is 0 Å². The van der Waals surface area contributed by atoms with Crippen LogP contribution in [0.2, 0.25) is 0 Å². The minimum atomic E-state index is -0.221. The molecule has 1 aromatic carbocycles. The highest BCUT2D eigenvalue weighted by atomic mass is 16.5. The number of benzene rings is 1. The first-order valence-electron chi connectivity index (χ1n) is 11.5. The van der Waals surface area contributed by atoms with Crippen LogP contribution in [0.4, 0.5) is 17.5 Å². The van der Waals surface area contributed by atoms with Gasteiger partial charge in [0.1, 0.15) is 11.4 Å². The lowest BCUT2D eigenvalue weighted by Gasteiger charge is -2.37. The molecule has 3 aromatic rings. The Labute approximate surface area is 191 Å². The van der Waals surface area contributed by atoms with Crippen LogP contribution in [0.25, 0.3) is 11.4 Å². The lowest BCUT2D eigenvalue weighted by molar-refractivity contribution is 0.0978. The average molecular weight is 447 g/mol. The molecular weight excluding hydrogens is 420 g/mol. The summed E-state index contributed by atoms with van der Waals surface area (Å²) in [6.07, 6.45) is 5.57. The van der Waals surface area contributed by atoms with Gasteiger partial charge < -0.3 is 19.7 Å². The molecular formula is C24H26N6O3. The first-order chi connectivity index (χ1) is 16.1. The number of nitrogens with one attached hydrogen (secondary N) is 2. The Balaban J connectivity index is 1.45. The Bertz CT molecular complexity index is 1250. The van der Waals surface area contributed by atoms with E-state index in [-0.39, 0.29) is 17.2 Å². The van der Waals surface area contributed by atoms with Gasteiger partial charge in [-0.05, 0) is 44.7 Å². The van der Waals surface area contributed by atoms with Crippen molar-refractivity contribution >= 4 is 17.5 Å². The fraction of sp³-hybridized carbons (Fsp3) is 0.417. The number of hydrogen-bond donors (Lipinski definition) is 2. The van der Waals surface area contributed by atoms with Crippen molar-refractivity contribution in [3.05, 3.63) is 52.4 Å². The number of morpholine rings is 1. The maximum atomic E-state index is 11.7. The van der Waals surface area contributed by atoms with Crippen molar-refractivity contribution < 1.29 is 9.47 Å². The Morgan fingerprint density at radius 2 is 2.06 bits per heavy atom. The van der Waals surface area contributed by atoms with Crippen LogP contribution in [0.3, 0.4) is 0 Å². The maximum absolute atomic E-state index is 11.7. The maximum Gasteiger partial charge on any atom is 0.252 e. The van der Waals surface area contributed by atoms with Gasteiger partial charge in [-0.25, -0.2) is 9.97 Å². The van der Waals surface area contributed by atoms with Crippen LogP contribution in [-0.4, -0.2) is 51.3 Å². The van der Waals surface area contributed by atoms with Gasteiger partial charge in [0.2, 0.25) is 11.8 Å². The summed E-state index contributed by atoms with van der Waals surface area (Å²) in [6.45, 7) is 4.29. The molecule has 9 heteroatoms. The van der Waals surface area contributed by atoms with E-state index in [1.165, 1.54) is 12.3 Å². The van der Waals surface area contributed by atoms with E-state index in [9.17, 15) is 4.79 Å². The van der Waals surface area contributed by atoms with Gasteiger partial charge in [0.15, 0.2) is 5.82 Å². The summed E-state index contributed by atoms with van der Waals surface area (Å²) in [7, 11) is 0. The van der Waals surface area contributed by atoms with Crippen molar-refractivity contribution in [3.63, 3.8) is 0 Å². The van der Waals surface area contributed by atoms with Crippen molar-refractivity contribution in [3.8, 4) is 17.3 Å². The van der Waals surface area contributed by atoms with Crippen molar-refractivity contribution in [1.82, 2.24) is 19.9 Å². The summed E-state index contributed by atoms with van der Waals surface area (Å²) in [5.74, 6) is 2.57. The van der Waals surface area contributed by atoms with E-state index in [0.717, 1.165) is 54.9 Å². The van der Waals surface area contributed by atoms with E-state index >= 15 is 0 Å². The summed E-state index contributed by atoms with van der Waals surface area (Å²) in [6, 6.07) is 9.36. The normalized spacial score (nSPS) is 20.8. The van der Waals surface area contributed by atoms with Crippen LogP contribution in [0.5, 0.6) is 5.88 Å². The molecule has 33 heavy (non-hydrogen) atoms. The summed E-state index contributed by atoms with van der Waals surface area (Å²) in [4.78, 5) is 30.9. The second-order valence-corrected chi connectivity index (χ2v) is 9.01. The lowest BCUT2D eigenvalue weighted by atomic mass is 10.0. The van der Waals surface area contributed by atoms with Crippen LogP contribution < -0.4 is 20.5 Å². The van der Waals surface area contributed by atoms with E-state index in [0.29, 0.717) is 30.9 Å². The first kappa shape index (κ1) is 20.2. The molecule has 2 N–H and O–H groups in total. The molecule has 1 atom stereocenters. The third-order valence-corrected chi connectivity index (χ3v) is 6.63. The van der Waals surface area contributed by atoms with Crippen LogP contribution >= 0.6 is 0 Å². The lowest BCUT2D eigenvalue weighted by Crippen LogP contribution is -2.45. The first-order valence-corrected chi connectivity index (χ1v) is 11.5. The Morgan fingerprint density at radius 3 is 2.88 bits per heavy atom. The number of aromatic amines is 1. The molecule has 0 bridgehead atoms. The molecule has 2 fully saturated rings. The zero-order chi connectivity index (χ0) is 22.4. The summed E-state index contributed by atoms with van der Waals surface area (Å²) < 4.78 is 12.1. The standard InChI is InChI=1S/C24H26N6O3/c1-15-14-32-13-12-30(15)21-17-6-8-24(9-10-24)33-22(17)29-20(28-21)16-4-2-3-5-18(16)26-23-25-11-7-19(31)27-23/h2-5,7,11,15H,6,8-10,12-14H2,1H3,(H2,25,26,27,31). The van der Waals surface area contributed by atoms with Gasteiger partial charge in [0.05, 0.1) is 30.5 Å². The van der Waals surface area contributed by atoms with Gasteiger partial charge in [-0.2, -0.15) is 4.98 Å². The van der Waals surface area contributed by atoms with Gasteiger partial charge in [-0.1, -0.05) is 12.1 Å². The topological polar surface area (TPSA) is 105 Å². The highest BCUT2D eigenvalue weighted by molar-refractivity contribution is 5.77. The molecule has 1 saturated carbocycles. The molecule has 1 unspecified atom stereocenters. The fourth-order valence-corrected chi connectivity index (χ4v) is 4.60. The number of aromatic nitrogens is 4. The molecule has 1 aliphatic carbocycles. The monoisotopic (exact) mass is 446 g/mol. The second-order valence-electron chi connectivity index (χ2n) is 9.01. The van der Waals surface area contributed by atoms with Crippen molar-refractivity contribution in [2.75, 3.05) is 30.0 Å². The molecule has 2 aliphatic heterocycles. The van der Waals surface area contributed by atoms with Crippen LogP contribution in [0.15, 0.2) is 41.3 Å². The van der Waals surface area contributed by atoms with Crippen molar-refractivity contribution in [2.24, 2.45) is 0 Å². The molecule has 0 radical (unpaired) electrons. The highest BCUT2D eigenvalue weighted by Crippen LogP contribution is 2.50. The molecule has 6 rings (SSSR count). The molecule has 1 saturated heterocycles. The minimum absolute atomic E-state index is 0.0439. The highest BCUT2D eigenvalue weighted by Gasteiger charge is 2.49. The predicted molar refractivity (Wildman–Crippen MR) is 124 cm³/mol. The zero-order valence-electron chi connectivity index (χ0n) is 18.5. The number of ether oxygens (including phenoxy) is 2. The van der Waals surface area contributed by atoms with E-state index in [2.05, 4.69) is 27.1 Å². The number of anilines is 3. The number of para-hydroxylation sites is 1. The molecule has 4 heterocycles. The van der Waals surface area contributed by atoms with Gasteiger partial charge in [-0.3, -0.25) is 9.78 Å². The van der Waals surface area contributed by atoms with Gasteiger partial charge >= 0.3 is 0 Å². The van der Waals surface area contributed by atoms with Gasteiger partial charge in [-0.15, -0.1) is 0 Å². The molecule has 0 amide bonds. The molecule has 9 nitrogen and oxygen atoms in total. The Hall–Kier alpha value is -3.46. The molecule has 1 spiro atoms. The van der Waals surface area contributed by atoms with Gasteiger partial charge in [0, 0.05) is 24.4 Å². The largest absolute Gasteiger partial charge is 0.471 e. The zero-order valence-corrected chi connectivity index (χ0v) is 18.5. The minimum Gasteiger partial charge on any atom is -0.471 e. The van der Waals surface area contributed by atoms with E-state index in [1.54, 1.807) is 0 Å². The summed E-state index contributed by atoms with van der Waals surface area (Å²) in [5, 5.41) is 3.21.